The van der Waals surface area contributed by atoms with Crippen LogP contribution < -0.4 is 4.74 Å². The van der Waals surface area contributed by atoms with E-state index in [0.717, 1.165) is 53.9 Å². The maximum Gasteiger partial charge on any atom is 0.220 e. The molecule has 1 aliphatic rings. The Morgan fingerprint density at radius 3 is 2.78 bits per heavy atom. The van der Waals surface area contributed by atoms with Crippen molar-refractivity contribution in [2.75, 3.05) is 13.6 Å². The molecule has 0 aromatic carbocycles. The summed E-state index contributed by atoms with van der Waals surface area (Å²) < 4.78 is 11.3. The Morgan fingerprint density at radius 2 is 2.09 bits per heavy atom. The molecule has 6 heteroatoms. The van der Waals surface area contributed by atoms with E-state index in [1.54, 1.807) is 0 Å². The normalized spacial score (nSPS) is 16.9. The van der Waals surface area contributed by atoms with Crippen molar-refractivity contribution in [3.8, 4) is 5.88 Å². The smallest absolute Gasteiger partial charge is 0.220 e. The molecule has 1 aliphatic heterocycles. The third-order valence-corrected chi connectivity index (χ3v) is 4.09. The molecule has 0 fully saturated rings. The van der Waals surface area contributed by atoms with Gasteiger partial charge in [-0.3, -0.25) is 4.90 Å². The first-order valence-corrected chi connectivity index (χ1v) is 8.07. The lowest BCUT2D eigenvalue weighted by Crippen LogP contribution is -2.31. The van der Waals surface area contributed by atoms with Gasteiger partial charge >= 0.3 is 0 Å². The zero-order chi connectivity index (χ0) is 16.6. The molecule has 2 aromatic rings. The fourth-order valence-corrected chi connectivity index (χ4v) is 2.93. The molecule has 124 valence electrons. The van der Waals surface area contributed by atoms with Gasteiger partial charge in [-0.2, -0.15) is 4.98 Å². The van der Waals surface area contributed by atoms with E-state index in [2.05, 4.69) is 40.9 Å². The molecule has 0 spiro atoms. The highest BCUT2D eigenvalue weighted by Gasteiger charge is 2.28. The third kappa shape index (κ3) is 3.52. The molecule has 0 radical (unpaired) electrons. The van der Waals surface area contributed by atoms with Crippen LogP contribution in [0.4, 0.5) is 0 Å². The molecule has 1 unspecified atom stereocenters. The van der Waals surface area contributed by atoms with E-state index in [1.807, 2.05) is 19.9 Å². The summed E-state index contributed by atoms with van der Waals surface area (Å²) in [6, 6.07) is 2.03. The van der Waals surface area contributed by atoms with Gasteiger partial charge in [0, 0.05) is 42.8 Å². The largest absolute Gasteiger partial charge is 0.472 e. The predicted octanol–water partition coefficient (Wildman–Crippen LogP) is 2.64. The number of ether oxygens (including phenoxy) is 1. The summed E-state index contributed by atoms with van der Waals surface area (Å²) in [4.78, 5) is 11.0. The number of aromatic nitrogens is 3. The summed E-state index contributed by atoms with van der Waals surface area (Å²) in [6.07, 6.45) is 0.975. The van der Waals surface area contributed by atoms with E-state index < -0.39 is 0 Å². The Morgan fingerprint density at radius 1 is 1.30 bits per heavy atom. The summed E-state index contributed by atoms with van der Waals surface area (Å²) in [5, 5.41) is 4.14. The van der Waals surface area contributed by atoms with Gasteiger partial charge in [-0.1, -0.05) is 19.0 Å². The maximum absolute atomic E-state index is 5.98. The van der Waals surface area contributed by atoms with Crippen LogP contribution in [0.2, 0.25) is 0 Å². The van der Waals surface area contributed by atoms with E-state index in [-0.39, 0.29) is 6.10 Å². The molecular formula is C17H24N4O2. The van der Waals surface area contributed by atoms with Gasteiger partial charge in [0.1, 0.15) is 17.7 Å². The minimum absolute atomic E-state index is 0.112. The number of likely N-dealkylation sites (N-methyl/N-ethyl adjacent to an activating group) is 1. The quantitative estimate of drug-likeness (QED) is 0.845. The highest BCUT2D eigenvalue weighted by Crippen LogP contribution is 2.29. The predicted molar refractivity (Wildman–Crippen MR) is 86.6 cm³/mol. The van der Waals surface area contributed by atoms with Crippen molar-refractivity contribution in [3.63, 3.8) is 0 Å². The molecule has 23 heavy (non-hydrogen) atoms. The zero-order valence-electron chi connectivity index (χ0n) is 14.5. The Hall–Kier alpha value is -1.95. The molecule has 0 amide bonds. The van der Waals surface area contributed by atoms with E-state index in [9.17, 15) is 0 Å². The minimum atomic E-state index is 0.112. The van der Waals surface area contributed by atoms with Crippen LogP contribution in [0.15, 0.2) is 10.6 Å². The molecule has 0 bridgehead atoms. The van der Waals surface area contributed by atoms with Gasteiger partial charge in [0.25, 0.3) is 0 Å². The SMILES string of the molecule is Cc1nc(C)c2c(n1)OC(CN(C)Cc1cc(C(C)C)on1)C2. The average Bonchev–Trinajstić information content (AvgIpc) is 3.05. The van der Waals surface area contributed by atoms with Gasteiger partial charge < -0.3 is 9.26 Å². The van der Waals surface area contributed by atoms with Crippen LogP contribution >= 0.6 is 0 Å². The third-order valence-electron chi connectivity index (χ3n) is 4.09. The van der Waals surface area contributed by atoms with Crippen molar-refractivity contribution in [3.05, 3.63) is 34.6 Å². The summed E-state index contributed by atoms with van der Waals surface area (Å²) >= 11 is 0. The lowest BCUT2D eigenvalue weighted by atomic mass is 10.1. The van der Waals surface area contributed by atoms with Crippen LogP contribution in [0, 0.1) is 13.8 Å². The fraction of sp³-hybridized carbons (Fsp3) is 0.588. The lowest BCUT2D eigenvalue weighted by molar-refractivity contribution is 0.159. The second-order valence-electron chi connectivity index (χ2n) is 6.66. The van der Waals surface area contributed by atoms with E-state index in [4.69, 9.17) is 9.26 Å². The Kier molecular flexibility index (Phi) is 4.35. The van der Waals surface area contributed by atoms with Gasteiger partial charge in [0.15, 0.2) is 0 Å². The van der Waals surface area contributed by atoms with Crippen LogP contribution in [0.3, 0.4) is 0 Å². The topological polar surface area (TPSA) is 64.3 Å². The molecule has 2 aromatic heterocycles. The van der Waals surface area contributed by atoms with Crippen LogP contribution in [0.5, 0.6) is 5.88 Å². The van der Waals surface area contributed by atoms with Crippen molar-refractivity contribution < 1.29 is 9.26 Å². The number of hydrogen-bond donors (Lipinski definition) is 0. The number of nitrogens with zero attached hydrogens (tertiary/aromatic N) is 4. The summed E-state index contributed by atoms with van der Waals surface area (Å²) in [6.45, 7) is 9.68. The first kappa shape index (κ1) is 15.9. The Bertz CT molecular complexity index is 696. The Balaban J connectivity index is 1.59. The zero-order valence-corrected chi connectivity index (χ0v) is 14.5. The molecular weight excluding hydrogens is 292 g/mol. The lowest BCUT2D eigenvalue weighted by Gasteiger charge is -2.19. The number of rotatable bonds is 5. The minimum Gasteiger partial charge on any atom is -0.472 e. The number of aryl methyl sites for hydroxylation is 2. The Labute approximate surface area is 136 Å². The standard InChI is InChI=1S/C17H24N4O2/c1-10(2)16-6-13(20-23-16)8-21(5)9-14-7-15-11(3)18-12(4)19-17(15)22-14/h6,10,14H,7-9H2,1-5H3. The van der Waals surface area contributed by atoms with Gasteiger partial charge in [-0.05, 0) is 20.9 Å². The molecule has 3 rings (SSSR count). The van der Waals surface area contributed by atoms with Gasteiger partial charge in [0.05, 0.1) is 5.69 Å². The first-order valence-electron chi connectivity index (χ1n) is 8.07. The van der Waals surface area contributed by atoms with Crippen LogP contribution in [0.1, 0.15) is 48.3 Å². The number of fused-ring (bicyclic) bond motifs is 1. The van der Waals surface area contributed by atoms with Gasteiger partial charge in [0.2, 0.25) is 5.88 Å². The van der Waals surface area contributed by atoms with Crippen LogP contribution in [-0.4, -0.2) is 39.7 Å². The molecule has 0 saturated heterocycles. The van der Waals surface area contributed by atoms with E-state index in [1.165, 1.54) is 0 Å². The van der Waals surface area contributed by atoms with Crippen molar-refractivity contribution in [1.29, 1.82) is 0 Å². The second kappa shape index (κ2) is 6.28. The summed E-state index contributed by atoms with van der Waals surface area (Å²) in [5.74, 6) is 2.80. The molecule has 0 aliphatic carbocycles. The van der Waals surface area contributed by atoms with Gasteiger partial charge in [-0.25, -0.2) is 4.98 Å². The molecule has 1 atom stereocenters. The number of hydrogen-bond acceptors (Lipinski definition) is 6. The van der Waals surface area contributed by atoms with E-state index in [0.29, 0.717) is 5.92 Å². The van der Waals surface area contributed by atoms with E-state index >= 15 is 0 Å². The van der Waals surface area contributed by atoms with Crippen molar-refractivity contribution in [2.45, 2.75) is 52.7 Å². The monoisotopic (exact) mass is 316 g/mol. The van der Waals surface area contributed by atoms with Crippen molar-refractivity contribution >= 4 is 0 Å². The molecule has 6 nitrogen and oxygen atoms in total. The van der Waals surface area contributed by atoms with Crippen LogP contribution in [0.25, 0.3) is 0 Å². The molecule has 0 saturated carbocycles. The highest BCUT2D eigenvalue weighted by atomic mass is 16.5. The van der Waals surface area contributed by atoms with Crippen molar-refractivity contribution in [2.24, 2.45) is 0 Å². The van der Waals surface area contributed by atoms with Gasteiger partial charge in [-0.15, -0.1) is 0 Å². The molecule has 3 heterocycles. The maximum atomic E-state index is 5.98. The van der Waals surface area contributed by atoms with Crippen molar-refractivity contribution in [1.82, 2.24) is 20.0 Å². The average molecular weight is 316 g/mol. The van der Waals surface area contributed by atoms with Crippen LogP contribution in [-0.2, 0) is 13.0 Å². The fourth-order valence-electron chi connectivity index (χ4n) is 2.93. The first-order chi connectivity index (χ1) is 10.9. The second-order valence-corrected chi connectivity index (χ2v) is 6.66. The molecule has 0 N–H and O–H groups in total. The highest BCUT2D eigenvalue weighted by molar-refractivity contribution is 5.34. The summed E-state index contributed by atoms with van der Waals surface area (Å²) in [5.41, 5.74) is 3.12. The summed E-state index contributed by atoms with van der Waals surface area (Å²) in [7, 11) is 2.07.